The van der Waals surface area contributed by atoms with Gasteiger partial charge in [-0.1, -0.05) is 24.3 Å². The number of nitrogens with zero attached hydrogens (tertiary/aromatic N) is 1. The van der Waals surface area contributed by atoms with Crippen molar-refractivity contribution < 1.29 is 27.8 Å². The number of hydrogen-bond acceptors (Lipinski definition) is 4. The molecule has 1 aliphatic heterocycles. The number of cyclic esters (lactones) is 1. The van der Waals surface area contributed by atoms with Gasteiger partial charge in [0.25, 0.3) is 0 Å². The number of benzene rings is 1. The number of rotatable bonds is 3. The Hall–Kier alpha value is -2.67. The Balaban J connectivity index is 1.38. The summed E-state index contributed by atoms with van der Waals surface area (Å²) in [5, 5.41) is 10.2. The topological polar surface area (TPSA) is 59.4 Å². The smallest absolute Gasteiger partial charge is 0.416 e. The van der Waals surface area contributed by atoms with Crippen LogP contribution in [0.3, 0.4) is 0 Å². The number of allylic oxidation sites excluding steroid dienone is 1. The van der Waals surface area contributed by atoms with Crippen LogP contribution in [0.2, 0.25) is 0 Å². The van der Waals surface area contributed by atoms with Crippen LogP contribution >= 0.6 is 0 Å². The lowest BCUT2D eigenvalue weighted by Gasteiger charge is -2.46. The quantitative estimate of drug-likeness (QED) is 0.579. The summed E-state index contributed by atoms with van der Waals surface area (Å²) in [6, 6.07) is 8.80. The highest BCUT2D eigenvalue weighted by Crippen LogP contribution is 2.53. The third kappa shape index (κ3) is 4.38. The third-order valence-corrected chi connectivity index (χ3v) is 7.92. The number of aliphatic hydroxyl groups is 1. The summed E-state index contributed by atoms with van der Waals surface area (Å²) in [5.41, 5.74) is 1.11. The summed E-state index contributed by atoms with van der Waals surface area (Å²) < 4.78 is 44.7. The van der Waals surface area contributed by atoms with Crippen molar-refractivity contribution in [2.75, 3.05) is 0 Å². The lowest BCUT2D eigenvalue weighted by atomic mass is 9.57. The van der Waals surface area contributed by atoms with E-state index in [1.807, 2.05) is 13.0 Å². The third-order valence-electron chi connectivity index (χ3n) is 7.92. The first-order chi connectivity index (χ1) is 16.2. The van der Waals surface area contributed by atoms with E-state index in [0.29, 0.717) is 28.7 Å². The van der Waals surface area contributed by atoms with Gasteiger partial charge in [0.05, 0.1) is 23.3 Å². The number of pyridine rings is 1. The zero-order valence-corrected chi connectivity index (χ0v) is 18.9. The molecule has 180 valence electrons. The minimum atomic E-state index is -4.39. The van der Waals surface area contributed by atoms with Crippen LogP contribution < -0.4 is 0 Å². The second kappa shape index (κ2) is 8.84. The second-order valence-electron chi connectivity index (χ2n) is 9.94. The molecule has 2 saturated carbocycles. The number of halogens is 3. The molecule has 0 amide bonds. The highest BCUT2D eigenvalue weighted by atomic mass is 19.4. The molecule has 0 radical (unpaired) electrons. The first kappa shape index (κ1) is 23.1. The molecule has 0 bridgehead atoms. The van der Waals surface area contributed by atoms with E-state index >= 15 is 0 Å². The van der Waals surface area contributed by atoms with Crippen LogP contribution in [0.1, 0.15) is 43.9 Å². The Bertz CT molecular complexity index is 1080. The van der Waals surface area contributed by atoms with Crippen molar-refractivity contribution in [3.63, 3.8) is 0 Å². The second-order valence-corrected chi connectivity index (χ2v) is 9.94. The summed E-state index contributed by atoms with van der Waals surface area (Å²) in [6.45, 7) is 1.96. The number of carbonyl (C=O) groups excluding carboxylic acids is 1. The Kier molecular flexibility index (Phi) is 6.00. The number of carbonyl (C=O) groups is 1. The van der Waals surface area contributed by atoms with Crippen LogP contribution in [0.5, 0.6) is 0 Å². The molecule has 2 heterocycles. The molecule has 2 aliphatic carbocycles. The summed E-state index contributed by atoms with van der Waals surface area (Å²) in [7, 11) is 0. The van der Waals surface area contributed by atoms with Gasteiger partial charge in [-0.25, -0.2) is 0 Å². The molecule has 2 aromatic rings. The van der Waals surface area contributed by atoms with Gasteiger partial charge >= 0.3 is 12.1 Å². The molecule has 4 nitrogen and oxygen atoms in total. The largest absolute Gasteiger partial charge is 0.462 e. The Labute approximate surface area is 196 Å². The monoisotopic (exact) mass is 471 g/mol. The number of aromatic nitrogens is 1. The maximum atomic E-state index is 13.0. The standard InChI is InChI=1S/C27H28F3NO3/c1-15-25-23(22-10-8-21(32)12-18(22)13-24(25)26(33)34-15)9-7-20-6-5-17(14-31-20)16-3-2-4-19(11-16)27(28,29)30/h2-7,9,11,14-15,18,21-25,32H,8,10,12-13H2,1H3/b9-7+/t15-,18?,21?,22?,23?,24?,25?/m1/s1. The SMILES string of the molecule is C[C@H]1OC(=O)C2CC3CC(O)CCC3C(/C=C/c3ccc(-c4cccc(C(F)(F)F)c4)cn3)C21. The van der Waals surface area contributed by atoms with E-state index in [1.54, 1.807) is 24.4 Å². The zero-order chi connectivity index (χ0) is 24.0. The van der Waals surface area contributed by atoms with Gasteiger partial charge in [-0.3, -0.25) is 9.78 Å². The highest BCUT2D eigenvalue weighted by molar-refractivity contribution is 5.75. The van der Waals surface area contributed by atoms with E-state index < -0.39 is 11.7 Å². The van der Waals surface area contributed by atoms with Crippen molar-refractivity contribution >= 4 is 12.0 Å². The van der Waals surface area contributed by atoms with Crippen molar-refractivity contribution in [1.29, 1.82) is 0 Å². The van der Waals surface area contributed by atoms with E-state index in [9.17, 15) is 23.1 Å². The number of hydrogen-bond donors (Lipinski definition) is 1. The first-order valence-corrected chi connectivity index (χ1v) is 11.9. The molecule has 6 unspecified atom stereocenters. The van der Waals surface area contributed by atoms with Crippen molar-refractivity contribution in [2.24, 2.45) is 29.6 Å². The van der Waals surface area contributed by atoms with Crippen molar-refractivity contribution in [2.45, 2.75) is 51.0 Å². The summed E-state index contributed by atoms with van der Waals surface area (Å²) in [6.07, 6.45) is 4.04. The minimum Gasteiger partial charge on any atom is -0.462 e. The average molecular weight is 472 g/mol. The van der Waals surface area contributed by atoms with Gasteiger partial charge in [-0.2, -0.15) is 13.2 Å². The molecule has 7 heteroatoms. The van der Waals surface area contributed by atoms with E-state index in [-0.39, 0.29) is 35.9 Å². The van der Waals surface area contributed by atoms with Crippen LogP contribution in [0.4, 0.5) is 13.2 Å². The van der Waals surface area contributed by atoms with E-state index in [4.69, 9.17) is 4.74 Å². The van der Waals surface area contributed by atoms with Crippen LogP contribution in [0.25, 0.3) is 17.2 Å². The maximum Gasteiger partial charge on any atom is 0.416 e. The van der Waals surface area contributed by atoms with Crippen molar-refractivity contribution in [3.8, 4) is 11.1 Å². The van der Waals surface area contributed by atoms with E-state index in [2.05, 4.69) is 11.1 Å². The van der Waals surface area contributed by atoms with E-state index in [0.717, 1.165) is 37.8 Å². The predicted octanol–water partition coefficient (Wildman–Crippen LogP) is 5.76. The minimum absolute atomic E-state index is 0.115. The van der Waals surface area contributed by atoms with Crippen LogP contribution in [0.15, 0.2) is 48.7 Å². The molecule has 1 aromatic carbocycles. The number of ether oxygens (including phenoxy) is 1. The van der Waals surface area contributed by atoms with Crippen LogP contribution in [-0.2, 0) is 15.7 Å². The Morgan fingerprint density at radius 2 is 1.94 bits per heavy atom. The first-order valence-electron chi connectivity index (χ1n) is 11.9. The van der Waals surface area contributed by atoms with Crippen molar-refractivity contribution in [3.05, 3.63) is 59.9 Å². The number of alkyl halides is 3. The fourth-order valence-corrected chi connectivity index (χ4v) is 6.35. The highest BCUT2D eigenvalue weighted by Gasteiger charge is 2.54. The van der Waals surface area contributed by atoms with Gasteiger partial charge in [0.1, 0.15) is 6.10 Å². The molecule has 1 N–H and O–H groups in total. The molecule has 5 rings (SSSR count). The lowest BCUT2D eigenvalue weighted by molar-refractivity contribution is -0.144. The van der Waals surface area contributed by atoms with Gasteiger partial charge in [-0.15, -0.1) is 0 Å². The Morgan fingerprint density at radius 1 is 1.12 bits per heavy atom. The lowest BCUT2D eigenvalue weighted by Crippen LogP contribution is -2.44. The molecular formula is C27H28F3NO3. The zero-order valence-electron chi connectivity index (χ0n) is 18.9. The molecule has 3 aliphatic rings. The van der Waals surface area contributed by atoms with Crippen LogP contribution in [0, 0.1) is 29.6 Å². The van der Waals surface area contributed by atoms with Crippen molar-refractivity contribution in [1.82, 2.24) is 4.98 Å². The number of fused-ring (bicyclic) bond motifs is 2. The summed E-state index contributed by atoms with van der Waals surface area (Å²) >= 11 is 0. The molecule has 1 aromatic heterocycles. The normalized spacial score (nSPS) is 33.4. The van der Waals surface area contributed by atoms with Gasteiger partial charge in [0, 0.05) is 17.7 Å². The fourth-order valence-electron chi connectivity index (χ4n) is 6.35. The number of aliphatic hydroxyl groups excluding tert-OH is 1. The van der Waals surface area contributed by atoms with Gasteiger partial charge in [0.15, 0.2) is 0 Å². The Morgan fingerprint density at radius 3 is 2.68 bits per heavy atom. The van der Waals surface area contributed by atoms with Gasteiger partial charge in [-0.05, 0) is 80.2 Å². The average Bonchev–Trinajstić information content (AvgIpc) is 3.09. The van der Waals surface area contributed by atoms with Gasteiger partial charge in [0.2, 0.25) is 0 Å². The maximum absolute atomic E-state index is 13.0. The molecule has 3 fully saturated rings. The number of esters is 1. The summed E-state index contributed by atoms with van der Waals surface area (Å²) in [5.74, 6) is 0.702. The molecular weight excluding hydrogens is 443 g/mol. The fraction of sp³-hybridized carbons (Fsp3) is 0.481. The summed E-state index contributed by atoms with van der Waals surface area (Å²) in [4.78, 5) is 16.9. The van der Waals surface area contributed by atoms with Gasteiger partial charge < -0.3 is 9.84 Å². The molecule has 34 heavy (non-hydrogen) atoms. The predicted molar refractivity (Wildman–Crippen MR) is 121 cm³/mol. The molecule has 0 spiro atoms. The van der Waals surface area contributed by atoms with E-state index in [1.165, 1.54) is 6.07 Å². The molecule has 1 saturated heterocycles. The molecule has 7 atom stereocenters. The van der Waals surface area contributed by atoms with Crippen LogP contribution in [-0.4, -0.2) is 28.3 Å².